The van der Waals surface area contributed by atoms with Gasteiger partial charge in [-0.1, -0.05) is 82.8 Å². The third kappa shape index (κ3) is 10.8. The van der Waals surface area contributed by atoms with Gasteiger partial charge >= 0.3 is 0 Å². The molecule has 0 saturated carbocycles. The smallest absolute Gasteiger partial charge is 0.261 e. The molecule has 0 unspecified atom stereocenters. The van der Waals surface area contributed by atoms with Gasteiger partial charge in [-0.3, -0.25) is 0 Å². The number of benzene rings is 4. The maximum atomic E-state index is 13.2. The predicted octanol–water partition coefficient (Wildman–Crippen LogP) is 12.0. The van der Waals surface area contributed by atoms with Crippen molar-refractivity contribution in [3.8, 4) is 22.8 Å². The molecule has 0 bridgehead atoms. The van der Waals surface area contributed by atoms with E-state index in [1.165, 1.54) is 22.5 Å². The topological polar surface area (TPSA) is 145 Å². The van der Waals surface area contributed by atoms with E-state index in [1.807, 2.05) is 85.9 Å². The van der Waals surface area contributed by atoms with Crippen molar-refractivity contribution in [1.82, 2.24) is 38.7 Å². The van der Waals surface area contributed by atoms with E-state index in [2.05, 4.69) is 24.4 Å². The van der Waals surface area contributed by atoms with Crippen LogP contribution in [0.3, 0.4) is 0 Å². The molecule has 6 heterocycles. The second-order valence-electron chi connectivity index (χ2n) is 16.1. The van der Waals surface area contributed by atoms with Crippen molar-refractivity contribution in [3.05, 3.63) is 153 Å². The fourth-order valence-electron chi connectivity index (χ4n) is 8.23. The molecule has 4 aromatic heterocycles. The largest absolute Gasteiger partial charge is 0.317 e. The van der Waals surface area contributed by atoms with Crippen LogP contribution in [0.25, 0.3) is 45.1 Å². The second-order valence-corrected chi connectivity index (χ2v) is 22.3. The number of fused-ring (bicyclic) bond motifs is 2. The molecule has 0 atom stereocenters. The SMILES string of the molecule is Cc1ccc(S(=O)(=O)Cl)cc1Cl.Cc1ccc(S(=O)(=O)N2CCC(n3c(-c4ccccc4Cl)nc4cccnc43)CC2)cc1Cl.Clc1ccccc1-c1nc2cccnc2n1C1CCNCC1. The lowest BCUT2D eigenvalue weighted by Gasteiger charge is -2.32. The zero-order valence-corrected chi connectivity index (χ0v) is 41.7. The summed E-state index contributed by atoms with van der Waals surface area (Å²) in [5, 5.41) is 5.61. The first-order valence-electron chi connectivity index (χ1n) is 21.5. The maximum Gasteiger partial charge on any atom is 0.261 e. The van der Waals surface area contributed by atoms with Gasteiger partial charge in [0.15, 0.2) is 11.3 Å². The maximum absolute atomic E-state index is 13.2. The number of aryl methyl sites for hydroxylation is 2. The molecule has 12 nitrogen and oxygen atoms in total. The van der Waals surface area contributed by atoms with E-state index >= 15 is 0 Å². The first-order chi connectivity index (χ1) is 32.1. The predicted molar refractivity (Wildman–Crippen MR) is 270 cm³/mol. The van der Waals surface area contributed by atoms with Crippen LogP contribution in [0.4, 0.5) is 0 Å². The van der Waals surface area contributed by atoms with Crippen molar-refractivity contribution in [2.45, 2.75) is 61.4 Å². The van der Waals surface area contributed by atoms with Gasteiger partial charge in [0.2, 0.25) is 10.0 Å². The van der Waals surface area contributed by atoms with E-state index in [9.17, 15) is 16.8 Å². The van der Waals surface area contributed by atoms with Crippen molar-refractivity contribution >= 4 is 98.5 Å². The van der Waals surface area contributed by atoms with Crippen LogP contribution in [-0.2, 0) is 19.1 Å². The van der Waals surface area contributed by atoms with Gasteiger partial charge in [-0.05, 0) is 137 Å². The Hall–Kier alpha value is -4.61. The lowest BCUT2D eigenvalue weighted by Crippen LogP contribution is -2.39. The molecular weight excluding hydrogens is 994 g/mol. The fraction of sp³-hybridized carbons (Fsp3) is 0.250. The minimum absolute atomic E-state index is 0.0276. The van der Waals surface area contributed by atoms with E-state index in [-0.39, 0.29) is 15.8 Å². The molecule has 0 radical (unpaired) electrons. The van der Waals surface area contributed by atoms with E-state index in [1.54, 1.807) is 31.3 Å². The summed E-state index contributed by atoms with van der Waals surface area (Å²) in [4.78, 5) is 19.0. The third-order valence-corrected chi connectivity index (χ3v) is 16.5. The molecule has 348 valence electrons. The molecule has 0 aliphatic carbocycles. The summed E-state index contributed by atoms with van der Waals surface area (Å²) >= 11 is 24.8. The van der Waals surface area contributed by atoms with E-state index in [4.69, 9.17) is 67.1 Å². The van der Waals surface area contributed by atoms with E-state index < -0.39 is 19.1 Å². The lowest BCUT2D eigenvalue weighted by molar-refractivity contribution is 0.278. The highest BCUT2D eigenvalue weighted by Crippen LogP contribution is 2.38. The molecular formula is C48H45Cl5N8O4S2. The molecule has 19 heteroatoms. The number of pyridine rings is 2. The molecule has 8 aromatic rings. The Kier molecular flexibility index (Phi) is 15.3. The average Bonchev–Trinajstić information content (AvgIpc) is 3.91. The summed E-state index contributed by atoms with van der Waals surface area (Å²) in [5.74, 6) is 1.67. The number of piperidine rings is 2. The summed E-state index contributed by atoms with van der Waals surface area (Å²) in [7, 11) is -2.18. The number of sulfonamides is 1. The highest BCUT2D eigenvalue weighted by molar-refractivity contribution is 8.13. The summed E-state index contributed by atoms with van der Waals surface area (Å²) in [6.07, 6.45) is 7.02. The van der Waals surface area contributed by atoms with Crippen molar-refractivity contribution in [1.29, 1.82) is 0 Å². The normalized spacial score (nSPS) is 15.2. The third-order valence-electron chi connectivity index (χ3n) is 11.8. The number of hydrogen-bond acceptors (Lipinski definition) is 9. The minimum atomic E-state index is -3.65. The van der Waals surface area contributed by atoms with E-state index in [0.29, 0.717) is 47.0 Å². The molecule has 4 aromatic carbocycles. The summed E-state index contributed by atoms with van der Waals surface area (Å²) in [6, 6.07) is 32.9. The van der Waals surface area contributed by atoms with Crippen molar-refractivity contribution in [2.24, 2.45) is 0 Å². The fourth-order valence-corrected chi connectivity index (χ4v) is 11.4. The number of rotatable bonds is 7. The molecule has 2 aliphatic heterocycles. The first kappa shape index (κ1) is 48.8. The van der Waals surface area contributed by atoms with Crippen molar-refractivity contribution < 1.29 is 16.8 Å². The summed E-state index contributed by atoms with van der Waals surface area (Å²) in [6.45, 7) is 6.48. The van der Waals surface area contributed by atoms with Gasteiger partial charge in [-0.15, -0.1) is 0 Å². The Morgan fingerprint density at radius 1 is 0.552 bits per heavy atom. The van der Waals surface area contributed by atoms with Crippen LogP contribution in [0.1, 0.15) is 48.9 Å². The van der Waals surface area contributed by atoms with Crippen LogP contribution in [0.15, 0.2) is 131 Å². The van der Waals surface area contributed by atoms with Crippen LogP contribution in [0.5, 0.6) is 0 Å². The minimum Gasteiger partial charge on any atom is -0.317 e. The van der Waals surface area contributed by atoms with E-state index in [0.717, 1.165) is 87.2 Å². The number of aromatic nitrogens is 6. The molecule has 2 saturated heterocycles. The van der Waals surface area contributed by atoms with Crippen LogP contribution in [-0.4, -0.2) is 76.4 Å². The molecule has 2 fully saturated rings. The van der Waals surface area contributed by atoms with Gasteiger partial charge in [0, 0.05) is 69.4 Å². The zero-order chi connectivity index (χ0) is 47.5. The number of nitrogens with zero attached hydrogens (tertiary/aromatic N) is 7. The van der Waals surface area contributed by atoms with Gasteiger partial charge in [-0.25, -0.2) is 36.8 Å². The number of halogens is 5. The zero-order valence-electron chi connectivity index (χ0n) is 36.3. The average molecular weight is 1040 g/mol. The molecule has 0 amide bonds. The monoisotopic (exact) mass is 1040 g/mol. The van der Waals surface area contributed by atoms with Crippen LogP contribution in [0, 0.1) is 13.8 Å². The molecule has 2 aliphatic rings. The van der Waals surface area contributed by atoms with Crippen LogP contribution in [0.2, 0.25) is 20.1 Å². The first-order valence-corrected chi connectivity index (χ1v) is 26.7. The summed E-state index contributed by atoms with van der Waals surface area (Å²) in [5.41, 5.74) is 6.92. The molecule has 0 spiro atoms. The standard InChI is InChI=1S/C24H22Cl2N4O2S.C17H17ClN4.C7H6Cl2O2S/c1-16-8-9-18(15-21(16)26)33(31,32)29-13-10-17(11-14-29)30-23(19-5-2-3-6-20(19)25)28-22-7-4-12-27-24(22)30;18-14-5-2-1-4-13(14)16-21-15-6-3-9-20-17(15)22(16)12-7-10-19-11-8-12;1-5-2-3-6(4-7(5)8)12(9,10)11/h2-9,12,15,17H,10-11,13-14H2,1H3;1-6,9,12,19H,7-8,10-11H2;2-4H,1H3. The molecule has 1 N–H and O–H groups in total. The number of imidazole rings is 2. The lowest BCUT2D eigenvalue weighted by atomic mass is 10.1. The molecule has 67 heavy (non-hydrogen) atoms. The Morgan fingerprint density at radius 3 is 1.46 bits per heavy atom. The highest BCUT2D eigenvalue weighted by Gasteiger charge is 2.33. The van der Waals surface area contributed by atoms with Gasteiger partial charge in [0.25, 0.3) is 9.05 Å². The Bertz CT molecular complexity index is 3300. The Balaban J connectivity index is 0.000000153. The van der Waals surface area contributed by atoms with Gasteiger partial charge < -0.3 is 14.5 Å². The van der Waals surface area contributed by atoms with Gasteiger partial charge in [0.1, 0.15) is 22.7 Å². The Labute approximate surface area is 414 Å². The summed E-state index contributed by atoms with van der Waals surface area (Å²) < 4.78 is 53.9. The van der Waals surface area contributed by atoms with Crippen molar-refractivity contribution in [2.75, 3.05) is 26.2 Å². The van der Waals surface area contributed by atoms with Crippen LogP contribution < -0.4 is 5.32 Å². The molecule has 10 rings (SSSR count). The van der Waals surface area contributed by atoms with Crippen molar-refractivity contribution in [3.63, 3.8) is 0 Å². The van der Waals surface area contributed by atoms with Gasteiger partial charge in [-0.2, -0.15) is 4.31 Å². The number of nitrogens with one attached hydrogen (secondary N) is 1. The van der Waals surface area contributed by atoms with Gasteiger partial charge in [0.05, 0.1) is 19.8 Å². The number of hydrogen-bond donors (Lipinski definition) is 1. The second kappa shape index (κ2) is 20.9. The quantitative estimate of drug-likeness (QED) is 0.154. The highest BCUT2D eigenvalue weighted by atomic mass is 35.7. The Morgan fingerprint density at radius 2 is 1.00 bits per heavy atom. The van der Waals surface area contributed by atoms with Crippen LogP contribution >= 0.6 is 57.1 Å².